The zero-order chi connectivity index (χ0) is 21.6. The van der Waals surface area contributed by atoms with E-state index in [1.807, 2.05) is 17.9 Å². The van der Waals surface area contributed by atoms with Crippen LogP contribution < -0.4 is 14.4 Å². The quantitative estimate of drug-likeness (QED) is 0.467. The van der Waals surface area contributed by atoms with Crippen molar-refractivity contribution in [1.29, 1.82) is 5.26 Å². The van der Waals surface area contributed by atoms with Gasteiger partial charge in [0, 0.05) is 41.7 Å². The van der Waals surface area contributed by atoms with Gasteiger partial charge in [-0.1, -0.05) is 34.8 Å². The van der Waals surface area contributed by atoms with Gasteiger partial charge >= 0.3 is 0 Å². The van der Waals surface area contributed by atoms with Crippen molar-refractivity contribution in [1.82, 2.24) is 9.97 Å². The molecular weight excluding hydrogens is 447 g/mol. The van der Waals surface area contributed by atoms with E-state index >= 15 is 0 Å². The topological polar surface area (TPSA) is 71.3 Å². The fourth-order valence-corrected chi connectivity index (χ4v) is 4.45. The summed E-state index contributed by atoms with van der Waals surface area (Å²) in [6.07, 6.45) is 1.68. The molecule has 0 radical (unpaired) electrons. The first-order valence-corrected chi connectivity index (χ1v) is 10.2. The first-order chi connectivity index (χ1) is 14.3. The Morgan fingerprint density at radius 2 is 1.70 bits per heavy atom. The summed E-state index contributed by atoms with van der Waals surface area (Å²) in [5, 5.41) is 12.1. The largest absolute Gasteiger partial charge is 0.495 e. The molecule has 0 aliphatic carbocycles. The summed E-state index contributed by atoms with van der Waals surface area (Å²) in [6, 6.07) is 7.59. The van der Waals surface area contributed by atoms with Crippen LogP contribution in [0.1, 0.15) is 6.92 Å². The van der Waals surface area contributed by atoms with E-state index in [0.29, 0.717) is 56.9 Å². The van der Waals surface area contributed by atoms with Crippen molar-refractivity contribution in [3.05, 3.63) is 39.6 Å². The first kappa shape index (κ1) is 20.8. The third-order valence-corrected chi connectivity index (χ3v) is 6.10. The van der Waals surface area contributed by atoms with Gasteiger partial charge in [0.1, 0.15) is 22.5 Å². The molecule has 1 fully saturated rings. The number of rotatable bonds is 4. The maximum absolute atomic E-state index is 9.40. The summed E-state index contributed by atoms with van der Waals surface area (Å²) >= 11 is 19.3. The molecule has 6 nitrogen and oxygen atoms in total. The number of anilines is 1. The van der Waals surface area contributed by atoms with Gasteiger partial charge in [-0.15, -0.1) is 0 Å². The number of nitriles is 1. The van der Waals surface area contributed by atoms with Crippen LogP contribution in [0.2, 0.25) is 15.2 Å². The standard InChI is InChI=1S/C21H17Cl3N4O2/c1-21(8-25)9-28(10-21)20-12-5-16(22)26-7-11(12)4-13(27-20)17-18(23)14(29-2)6-15(30-3)19(17)24/h4-7H,9-10H2,1-3H3. The van der Waals surface area contributed by atoms with Gasteiger partial charge in [0.15, 0.2) is 0 Å². The second-order valence-corrected chi connectivity index (χ2v) is 8.52. The lowest BCUT2D eigenvalue weighted by atomic mass is 9.83. The molecule has 0 unspecified atom stereocenters. The molecule has 154 valence electrons. The van der Waals surface area contributed by atoms with Crippen LogP contribution in [0.15, 0.2) is 24.4 Å². The van der Waals surface area contributed by atoms with Gasteiger partial charge < -0.3 is 14.4 Å². The number of hydrogen-bond donors (Lipinski definition) is 0. The van der Waals surface area contributed by atoms with Crippen molar-refractivity contribution >= 4 is 51.4 Å². The molecule has 1 saturated heterocycles. The van der Waals surface area contributed by atoms with Gasteiger partial charge in [-0.05, 0) is 19.1 Å². The van der Waals surface area contributed by atoms with Crippen LogP contribution >= 0.6 is 34.8 Å². The highest BCUT2D eigenvalue weighted by atomic mass is 35.5. The van der Waals surface area contributed by atoms with Gasteiger partial charge in [-0.3, -0.25) is 0 Å². The molecule has 2 aromatic heterocycles. The summed E-state index contributed by atoms with van der Waals surface area (Å²) in [7, 11) is 3.04. The number of pyridine rings is 2. The van der Waals surface area contributed by atoms with Gasteiger partial charge in [0.2, 0.25) is 0 Å². The second-order valence-electron chi connectivity index (χ2n) is 7.37. The van der Waals surface area contributed by atoms with E-state index in [1.165, 1.54) is 14.2 Å². The summed E-state index contributed by atoms with van der Waals surface area (Å²) in [5.41, 5.74) is 0.616. The Morgan fingerprint density at radius 3 is 2.27 bits per heavy atom. The van der Waals surface area contributed by atoms with E-state index in [2.05, 4.69) is 11.1 Å². The van der Waals surface area contributed by atoms with Crippen molar-refractivity contribution in [2.24, 2.45) is 5.41 Å². The van der Waals surface area contributed by atoms with Crippen molar-refractivity contribution in [3.63, 3.8) is 0 Å². The van der Waals surface area contributed by atoms with Crippen LogP contribution in [0.3, 0.4) is 0 Å². The number of methoxy groups -OCH3 is 2. The number of aromatic nitrogens is 2. The maximum atomic E-state index is 9.40. The Morgan fingerprint density at radius 1 is 1.07 bits per heavy atom. The minimum Gasteiger partial charge on any atom is -0.495 e. The zero-order valence-corrected chi connectivity index (χ0v) is 18.7. The molecule has 0 atom stereocenters. The minimum absolute atomic E-state index is 0.327. The Kier molecular flexibility index (Phi) is 5.31. The SMILES string of the molecule is COc1cc(OC)c(Cl)c(-c2cc3cnc(Cl)cc3c(N3CC(C)(C#N)C3)n2)c1Cl. The number of benzene rings is 1. The Labute approximate surface area is 188 Å². The Bertz CT molecular complexity index is 1180. The average molecular weight is 464 g/mol. The van der Waals surface area contributed by atoms with Crippen LogP contribution in [-0.4, -0.2) is 37.3 Å². The van der Waals surface area contributed by atoms with Gasteiger partial charge in [-0.25, -0.2) is 9.97 Å². The second kappa shape index (κ2) is 7.66. The highest BCUT2D eigenvalue weighted by Crippen LogP contribution is 2.47. The van der Waals surface area contributed by atoms with Crippen LogP contribution in [0, 0.1) is 16.7 Å². The smallest absolute Gasteiger partial charge is 0.141 e. The Hall–Kier alpha value is -2.46. The number of hydrogen-bond acceptors (Lipinski definition) is 6. The molecule has 0 spiro atoms. The third-order valence-electron chi connectivity index (χ3n) is 5.14. The van der Waals surface area contributed by atoms with Crippen molar-refractivity contribution in [2.45, 2.75) is 6.92 Å². The average Bonchev–Trinajstić information content (AvgIpc) is 2.71. The van der Waals surface area contributed by atoms with E-state index in [4.69, 9.17) is 49.3 Å². The van der Waals surface area contributed by atoms with Crippen molar-refractivity contribution in [3.8, 4) is 28.8 Å². The summed E-state index contributed by atoms with van der Waals surface area (Å²) < 4.78 is 10.8. The molecule has 3 heterocycles. The Balaban J connectivity index is 1.96. The zero-order valence-electron chi connectivity index (χ0n) is 16.5. The van der Waals surface area contributed by atoms with Crippen LogP contribution in [-0.2, 0) is 0 Å². The highest BCUT2D eigenvalue weighted by molar-refractivity contribution is 6.41. The summed E-state index contributed by atoms with van der Waals surface area (Å²) in [6.45, 7) is 3.03. The molecule has 4 rings (SSSR count). The maximum Gasteiger partial charge on any atom is 0.141 e. The van der Waals surface area contributed by atoms with Gasteiger partial charge in [0.05, 0.1) is 41.4 Å². The molecule has 0 amide bonds. The van der Waals surface area contributed by atoms with Crippen LogP contribution in [0.4, 0.5) is 5.82 Å². The molecule has 9 heteroatoms. The molecule has 30 heavy (non-hydrogen) atoms. The highest BCUT2D eigenvalue weighted by Gasteiger charge is 2.40. The van der Waals surface area contributed by atoms with E-state index in [-0.39, 0.29) is 0 Å². The lowest BCUT2D eigenvalue weighted by Crippen LogP contribution is -2.54. The van der Waals surface area contributed by atoms with Gasteiger partial charge in [-0.2, -0.15) is 5.26 Å². The molecule has 0 bridgehead atoms. The molecule has 3 aromatic rings. The van der Waals surface area contributed by atoms with Crippen LogP contribution in [0.25, 0.3) is 22.0 Å². The molecule has 1 aliphatic heterocycles. The number of ether oxygens (including phenoxy) is 2. The fraction of sp³-hybridized carbons (Fsp3) is 0.286. The van der Waals surface area contributed by atoms with E-state index in [1.54, 1.807) is 18.3 Å². The minimum atomic E-state index is -0.421. The normalized spacial score (nSPS) is 14.9. The first-order valence-electron chi connectivity index (χ1n) is 9.03. The lowest BCUT2D eigenvalue weighted by molar-refractivity contribution is 0.335. The molecule has 1 aliphatic rings. The number of halogens is 3. The van der Waals surface area contributed by atoms with E-state index in [9.17, 15) is 5.26 Å². The molecule has 0 saturated carbocycles. The predicted octanol–water partition coefficient (Wildman–Crippen LogP) is 5.62. The lowest BCUT2D eigenvalue weighted by Gasteiger charge is -2.44. The summed E-state index contributed by atoms with van der Waals surface area (Å²) in [5.74, 6) is 1.53. The predicted molar refractivity (Wildman–Crippen MR) is 119 cm³/mol. The summed E-state index contributed by atoms with van der Waals surface area (Å²) in [4.78, 5) is 11.1. The van der Waals surface area contributed by atoms with Crippen molar-refractivity contribution in [2.75, 3.05) is 32.2 Å². The monoisotopic (exact) mass is 462 g/mol. The number of nitrogens with zero attached hydrogens (tertiary/aromatic N) is 4. The molecule has 0 N–H and O–H groups in total. The van der Waals surface area contributed by atoms with E-state index < -0.39 is 5.41 Å². The van der Waals surface area contributed by atoms with Gasteiger partial charge in [0.25, 0.3) is 0 Å². The third kappa shape index (κ3) is 3.37. The molecule has 1 aromatic carbocycles. The fourth-order valence-electron chi connectivity index (χ4n) is 3.60. The van der Waals surface area contributed by atoms with Crippen molar-refractivity contribution < 1.29 is 9.47 Å². The van der Waals surface area contributed by atoms with E-state index in [0.717, 1.165) is 10.8 Å². The number of fused-ring (bicyclic) bond motifs is 1. The van der Waals surface area contributed by atoms with Crippen LogP contribution in [0.5, 0.6) is 11.5 Å². The molecular formula is C21H17Cl3N4O2.